The van der Waals surface area contributed by atoms with Gasteiger partial charge < -0.3 is 5.43 Å². The number of nitrogens with one attached hydrogen (secondary N) is 1. The summed E-state index contributed by atoms with van der Waals surface area (Å²) in [5.41, 5.74) is 4.81. The lowest BCUT2D eigenvalue weighted by atomic mass is 9.95. The molecule has 0 saturated carbocycles. The lowest BCUT2D eigenvalue weighted by Gasteiger charge is -2.49. The van der Waals surface area contributed by atoms with Crippen LogP contribution in [0.2, 0.25) is 0 Å². The normalized spacial score (nSPS) is 27.8. The van der Waals surface area contributed by atoms with E-state index in [9.17, 15) is 0 Å². The summed E-state index contributed by atoms with van der Waals surface area (Å²) in [6.45, 7) is 6.58. The van der Waals surface area contributed by atoms with Crippen molar-refractivity contribution < 1.29 is 0 Å². The van der Waals surface area contributed by atoms with Crippen molar-refractivity contribution >= 4 is 0 Å². The largest absolute Gasteiger partial charge is 0.321 e. The molecule has 0 aliphatic carbocycles. The molecule has 2 heteroatoms. The second-order valence-electron chi connectivity index (χ2n) is 3.26. The smallest absolute Gasteiger partial charge is 0.0746 e. The van der Waals surface area contributed by atoms with Gasteiger partial charge in [0.25, 0.3) is 0 Å². The Morgan fingerprint density at radius 2 is 2.20 bits per heavy atom. The molecule has 58 valence electrons. The Morgan fingerprint density at radius 3 is 2.50 bits per heavy atom. The Balaban J connectivity index is 2.63. The van der Waals surface area contributed by atoms with Crippen molar-refractivity contribution in [2.75, 3.05) is 7.05 Å². The minimum absolute atomic E-state index is 0.232. The molecule has 0 aromatic rings. The molecule has 1 rings (SSSR count). The van der Waals surface area contributed by atoms with Crippen LogP contribution in [0.3, 0.4) is 0 Å². The fourth-order valence-corrected chi connectivity index (χ4v) is 1.08. The van der Waals surface area contributed by atoms with Crippen molar-refractivity contribution in [2.45, 2.75) is 32.7 Å². The maximum absolute atomic E-state index is 3.23. The van der Waals surface area contributed by atoms with E-state index in [1.165, 1.54) is 5.70 Å². The highest BCUT2D eigenvalue weighted by molar-refractivity contribution is 5.21. The summed E-state index contributed by atoms with van der Waals surface area (Å²) in [6.07, 6.45) is 3.35. The summed E-state index contributed by atoms with van der Waals surface area (Å²) in [5.74, 6) is 0. The topological polar surface area (TPSA) is 15.3 Å². The summed E-state index contributed by atoms with van der Waals surface area (Å²) < 4.78 is 0. The van der Waals surface area contributed by atoms with Gasteiger partial charge in [-0.2, -0.15) is 0 Å². The fourth-order valence-electron chi connectivity index (χ4n) is 1.08. The number of nitrogens with zero attached hydrogens (tertiary/aromatic N) is 1. The molecule has 0 amide bonds. The lowest BCUT2D eigenvalue weighted by molar-refractivity contribution is 0.0392. The summed E-state index contributed by atoms with van der Waals surface area (Å²) in [5, 5.41) is 2.12. The zero-order valence-corrected chi connectivity index (χ0v) is 7.23. The molecule has 1 fully saturated rings. The molecular weight excluding hydrogens is 124 g/mol. The molecule has 0 atom stereocenters. The first-order chi connectivity index (χ1) is 4.59. The number of rotatable bonds is 1. The molecule has 0 aromatic heterocycles. The molecule has 1 N–H and O–H groups in total. The molecule has 1 heterocycles. The van der Waals surface area contributed by atoms with Gasteiger partial charge in [0.1, 0.15) is 0 Å². The average Bonchev–Trinajstić information content (AvgIpc) is 1.88. The van der Waals surface area contributed by atoms with E-state index in [-0.39, 0.29) is 5.54 Å². The molecule has 10 heavy (non-hydrogen) atoms. The van der Waals surface area contributed by atoms with Gasteiger partial charge in [-0.1, -0.05) is 13.0 Å². The molecular formula is C8H16N2. The van der Waals surface area contributed by atoms with E-state index in [1.54, 1.807) is 0 Å². The Kier molecular flexibility index (Phi) is 1.73. The van der Waals surface area contributed by atoms with E-state index >= 15 is 0 Å². The molecule has 1 aliphatic rings. The predicted octanol–water partition coefficient (Wildman–Crippen LogP) is 1.51. The molecule has 0 aromatic carbocycles. The fraction of sp³-hybridized carbons (Fsp3) is 0.750. The van der Waals surface area contributed by atoms with Crippen LogP contribution in [-0.4, -0.2) is 17.6 Å². The van der Waals surface area contributed by atoms with Crippen LogP contribution in [0.25, 0.3) is 0 Å². The van der Waals surface area contributed by atoms with Crippen molar-refractivity contribution in [3.05, 3.63) is 11.8 Å². The van der Waals surface area contributed by atoms with Crippen LogP contribution >= 0.6 is 0 Å². The van der Waals surface area contributed by atoms with Gasteiger partial charge in [-0.25, -0.2) is 5.01 Å². The Hall–Kier alpha value is -0.500. The van der Waals surface area contributed by atoms with E-state index in [0.717, 1.165) is 6.42 Å². The average molecular weight is 140 g/mol. The van der Waals surface area contributed by atoms with Gasteiger partial charge in [0.2, 0.25) is 0 Å². The number of likely N-dealkylation sites (N-methyl/N-ethyl adjacent to an activating group) is 1. The Labute approximate surface area is 62.9 Å². The first-order valence-corrected chi connectivity index (χ1v) is 3.80. The Morgan fingerprint density at radius 1 is 1.60 bits per heavy atom. The second-order valence-corrected chi connectivity index (χ2v) is 3.26. The van der Waals surface area contributed by atoms with E-state index < -0.39 is 0 Å². The van der Waals surface area contributed by atoms with Crippen LogP contribution in [0.15, 0.2) is 11.8 Å². The summed E-state index contributed by atoms with van der Waals surface area (Å²) in [6, 6.07) is 0. The quantitative estimate of drug-likeness (QED) is 0.594. The van der Waals surface area contributed by atoms with Gasteiger partial charge >= 0.3 is 0 Å². The molecule has 1 aliphatic heterocycles. The van der Waals surface area contributed by atoms with E-state index in [1.807, 2.05) is 0 Å². The summed E-state index contributed by atoms with van der Waals surface area (Å²) in [4.78, 5) is 0. The molecule has 0 radical (unpaired) electrons. The third-order valence-electron chi connectivity index (χ3n) is 2.19. The first-order valence-electron chi connectivity index (χ1n) is 3.80. The summed E-state index contributed by atoms with van der Waals surface area (Å²) in [7, 11) is 2.06. The molecule has 0 spiro atoms. The van der Waals surface area contributed by atoms with Gasteiger partial charge in [0, 0.05) is 12.7 Å². The van der Waals surface area contributed by atoms with Crippen LogP contribution < -0.4 is 5.43 Å². The van der Waals surface area contributed by atoms with Crippen molar-refractivity contribution in [1.82, 2.24) is 10.4 Å². The number of hydrogen-bond acceptors (Lipinski definition) is 2. The van der Waals surface area contributed by atoms with Gasteiger partial charge in [0.15, 0.2) is 0 Å². The Bertz CT molecular complexity index is 159. The van der Waals surface area contributed by atoms with Crippen LogP contribution in [0.5, 0.6) is 0 Å². The highest BCUT2D eigenvalue weighted by atomic mass is 15.6. The lowest BCUT2D eigenvalue weighted by Crippen LogP contribution is -2.64. The van der Waals surface area contributed by atoms with Gasteiger partial charge in [0.05, 0.1) is 5.54 Å². The van der Waals surface area contributed by atoms with Gasteiger partial charge in [-0.3, -0.25) is 0 Å². The zero-order chi connectivity index (χ0) is 7.78. The maximum atomic E-state index is 3.23. The SMILES string of the molecule is CC/C=C1/NN(C)C1(C)C. The minimum atomic E-state index is 0.232. The van der Waals surface area contributed by atoms with Gasteiger partial charge in [-0.15, -0.1) is 0 Å². The van der Waals surface area contributed by atoms with Crippen molar-refractivity contribution in [1.29, 1.82) is 0 Å². The summed E-state index contributed by atoms with van der Waals surface area (Å²) >= 11 is 0. The van der Waals surface area contributed by atoms with Crippen LogP contribution in [0.1, 0.15) is 27.2 Å². The van der Waals surface area contributed by atoms with E-state index in [0.29, 0.717) is 0 Å². The monoisotopic (exact) mass is 140 g/mol. The van der Waals surface area contributed by atoms with Crippen LogP contribution in [-0.2, 0) is 0 Å². The number of hydrazine groups is 1. The van der Waals surface area contributed by atoms with Crippen LogP contribution in [0, 0.1) is 0 Å². The standard InChI is InChI=1S/C8H16N2/c1-5-6-7-8(2,3)10(4)9-7/h6,9H,5H2,1-4H3/b7-6+. The molecule has 0 bridgehead atoms. The molecule has 0 unspecified atom stereocenters. The second kappa shape index (κ2) is 2.27. The minimum Gasteiger partial charge on any atom is -0.321 e. The van der Waals surface area contributed by atoms with Crippen molar-refractivity contribution in [2.24, 2.45) is 0 Å². The zero-order valence-electron chi connectivity index (χ0n) is 7.23. The van der Waals surface area contributed by atoms with Crippen molar-refractivity contribution in [3.8, 4) is 0 Å². The molecule has 1 saturated heterocycles. The maximum Gasteiger partial charge on any atom is 0.0746 e. The predicted molar refractivity (Wildman–Crippen MR) is 43.4 cm³/mol. The van der Waals surface area contributed by atoms with Crippen molar-refractivity contribution in [3.63, 3.8) is 0 Å². The van der Waals surface area contributed by atoms with E-state index in [4.69, 9.17) is 0 Å². The third kappa shape index (κ3) is 0.926. The number of hydrogen-bond donors (Lipinski definition) is 1. The van der Waals surface area contributed by atoms with Gasteiger partial charge in [-0.05, 0) is 20.3 Å². The van der Waals surface area contributed by atoms with Crippen LogP contribution in [0.4, 0.5) is 0 Å². The highest BCUT2D eigenvalue weighted by Crippen LogP contribution is 2.28. The first kappa shape index (κ1) is 7.61. The number of allylic oxidation sites excluding steroid dienone is 1. The molecule has 2 nitrogen and oxygen atoms in total. The highest BCUT2D eigenvalue weighted by Gasteiger charge is 2.37. The third-order valence-corrected chi connectivity index (χ3v) is 2.19. The van der Waals surface area contributed by atoms with E-state index in [2.05, 4.69) is 44.3 Å².